The summed E-state index contributed by atoms with van der Waals surface area (Å²) in [5.74, 6) is -0.387. The predicted molar refractivity (Wildman–Crippen MR) is 50.9 cm³/mol. The van der Waals surface area contributed by atoms with Crippen LogP contribution < -0.4 is 0 Å². The van der Waals surface area contributed by atoms with Gasteiger partial charge in [-0.1, -0.05) is 11.6 Å². The van der Waals surface area contributed by atoms with E-state index in [-0.39, 0.29) is 16.3 Å². The van der Waals surface area contributed by atoms with E-state index in [0.29, 0.717) is 0 Å². The fraction of sp³-hybridized carbons (Fsp3) is 0. The van der Waals surface area contributed by atoms with Crippen LogP contribution in [0.1, 0.15) is 5.56 Å². The van der Waals surface area contributed by atoms with E-state index in [2.05, 4.69) is 0 Å². The first-order chi connectivity index (χ1) is 6.38. The minimum atomic E-state index is -4.00. The molecule has 0 saturated heterocycles. The second-order valence-electron chi connectivity index (χ2n) is 2.32. The van der Waals surface area contributed by atoms with Crippen molar-refractivity contribution in [1.29, 1.82) is 5.26 Å². The Labute approximate surface area is 89.7 Å². The lowest BCUT2D eigenvalue weighted by molar-refractivity contribution is 0.473. The Bertz CT molecular complexity index is 518. The fourth-order valence-corrected chi connectivity index (χ4v) is 2.40. The summed E-state index contributed by atoms with van der Waals surface area (Å²) in [6.45, 7) is 0. The van der Waals surface area contributed by atoms with Crippen molar-refractivity contribution in [2.45, 2.75) is 4.90 Å². The minimum absolute atomic E-state index is 0.312. The van der Waals surface area contributed by atoms with Gasteiger partial charge in [-0.05, 0) is 12.1 Å². The van der Waals surface area contributed by atoms with Gasteiger partial charge in [0.05, 0.1) is 5.02 Å². The van der Waals surface area contributed by atoms with Crippen LogP contribution >= 0.6 is 22.3 Å². The molecular formula is C7H3Cl2NO3S. The van der Waals surface area contributed by atoms with E-state index >= 15 is 0 Å². The van der Waals surface area contributed by atoms with Crippen LogP contribution in [-0.2, 0) is 9.05 Å². The molecule has 74 valence electrons. The first kappa shape index (κ1) is 11.1. The van der Waals surface area contributed by atoms with Crippen LogP contribution in [0.4, 0.5) is 0 Å². The van der Waals surface area contributed by atoms with Gasteiger partial charge in [0.2, 0.25) is 0 Å². The maximum atomic E-state index is 10.9. The van der Waals surface area contributed by atoms with Crippen LogP contribution in [0.2, 0.25) is 5.02 Å². The second-order valence-corrected chi connectivity index (χ2v) is 5.23. The summed E-state index contributed by atoms with van der Waals surface area (Å²) in [5, 5.41) is 17.3. The fourth-order valence-electron chi connectivity index (χ4n) is 0.841. The van der Waals surface area contributed by atoms with Gasteiger partial charge < -0.3 is 5.11 Å². The molecule has 0 amide bonds. The van der Waals surface area contributed by atoms with Crippen LogP contribution in [0.15, 0.2) is 17.0 Å². The standard InChI is InChI=1S/C7H3Cl2NO3S/c8-7-4(3-10)5(11)1-2-6(7)14(9,12)13/h1-2,11H. The van der Waals surface area contributed by atoms with Gasteiger partial charge in [-0.25, -0.2) is 8.42 Å². The Kier molecular flexibility index (Phi) is 2.90. The largest absolute Gasteiger partial charge is 0.507 e. The third kappa shape index (κ3) is 1.93. The molecule has 0 aliphatic carbocycles. The number of benzene rings is 1. The highest BCUT2D eigenvalue weighted by molar-refractivity contribution is 8.13. The Hall–Kier alpha value is -0.960. The van der Waals surface area contributed by atoms with Crippen LogP contribution in [-0.4, -0.2) is 13.5 Å². The topological polar surface area (TPSA) is 78.2 Å². The molecule has 0 fully saturated rings. The van der Waals surface area contributed by atoms with E-state index < -0.39 is 13.9 Å². The highest BCUT2D eigenvalue weighted by Crippen LogP contribution is 2.32. The summed E-state index contributed by atoms with van der Waals surface area (Å²) in [6, 6.07) is 3.64. The molecule has 14 heavy (non-hydrogen) atoms. The SMILES string of the molecule is N#Cc1c(O)ccc(S(=O)(=O)Cl)c1Cl. The molecule has 0 heterocycles. The summed E-state index contributed by atoms with van der Waals surface area (Å²) in [4.78, 5) is -0.393. The summed E-state index contributed by atoms with van der Waals surface area (Å²) < 4.78 is 21.8. The van der Waals surface area contributed by atoms with Crippen molar-refractivity contribution in [2.75, 3.05) is 0 Å². The number of rotatable bonds is 1. The number of phenolic OH excluding ortho intramolecular Hbond substituents is 1. The number of nitriles is 1. The molecule has 1 aromatic rings. The molecule has 1 aromatic carbocycles. The monoisotopic (exact) mass is 251 g/mol. The summed E-state index contributed by atoms with van der Waals surface area (Å²) >= 11 is 5.55. The summed E-state index contributed by atoms with van der Waals surface area (Å²) in [7, 11) is 1.04. The number of halogens is 2. The molecular weight excluding hydrogens is 249 g/mol. The van der Waals surface area contributed by atoms with Gasteiger partial charge in [0.25, 0.3) is 9.05 Å². The maximum Gasteiger partial charge on any atom is 0.262 e. The van der Waals surface area contributed by atoms with Crippen molar-refractivity contribution in [3.63, 3.8) is 0 Å². The van der Waals surface area contributed by atoms with Crippen molar-refractivity contribution in [3.8, 4) is 11.8 Å². The number of phenols is 1. The van der Waals surface area contributed by atoms with Crippen molar-refractivity contribution < 1.29 is 13.5 Å². The van der Waals surface area contributed by atoms with E-state index in [9.17, 15) is 8.42 Å². The molecule has 0 bridgehead atoms. The van der Waals surface area contributed by atoms with Crippen molar-refractivity contribution >= 4 is 31.3 Å². The van der Waals surface area contributed by atoms with Crippen LogP contribution in [0.25, 0.3) is 0 Å². The highest BCUT2D eigenvalue weighted by Gasteiger charge is 2.19. The molecule has 0 saturated carbocycles. The van der Waals surface area contributed by atoms with E-state index in [0.717, 1.165) is 12.1 Å². The third-order valence-corrected chi connectivity index (χ3v) is 3.33. The first-order valence-corrected chi connectivity index (χ1v) is 5.93. The molecule has 0 aromatic heterocycles. The molecule has 0 aliphatic rings. The molecule has 1 N–H and O–H groups in total. The lowest BCUT2D eigenvalue weighted by Crippen LogP contribution is -1.94. The first-order valence-electron chi connectivity index (χ1n) is 3.24. The number of aromatic hydroxyl groups is 1. The third-order valence-electron chi connectivity index (χ3n) is 1.46. The zero-order valence-electron chi connectivity index (χ0n) is 6.53. The van der Waals surface area contributed by atoms with Gasteiger partial charge in [-0.2, -0.15) is 5.26 Å². The van der Waals surface area contributed by atoms with Crippen LogP contribution in [0.3, 0.4) is 0 Å². The van der Waals surface area contributed by atoms with Crippen molar-refractivity contribution in [1.82, 2.24) is 0 Å². The van der Waals surface area contributed by atoms with E-state index in [1.54, 1.807) is 6.07 Å². The molecule has 0 unspecified atom stereocenters. The Morgan fingerprint density at radius 2 is 2.00 bits per heavy atom. The average Bonchev–Trinajstić information content (AvgIpc) is 2.02. The number of hydrogen-bond acceptors (Lipinski definition) is 4. The van der Waals surface area contributed by atoms with Crippen LogP contribution in [0, 0.1) is 11.3 Å². The van der Waals surface area contributed by atoms with E-state index in [1.807, 2.05) is 0 Å². The molecule has 1 rings (SSSR count). The lowest BCUT2D eigenvalue weighted by atomic mass is 10.2. The van der Waals surface area contributed by atoms with Gasteiger partial charge >= 0.3 is 0 Å². The summed E-state index contributed by atoms with van der Waals surface area (Å²) in [5.41, 5.74) is -0.312. The number of hydrogen-bond donors (Lipinski definition) is 1. The van der Waals surface area contributed by atoms with Gasteiger partial charge in [-0.15, -0.1) is 0 Å². The molecule has 0 radical (unpaired) electrons. The molecule has 7 heteroatoms. The smallest absolute Gasteiger partial charge is 0.262 e. The van der Waals surface area contributed by atoms with Gasteiger partial charge in [0.1, 0.15) is 22.3 Å². The Morgan fingerprint density at radius 3 is 2.43 bits per heavy atom. The Balaban J connectivity index is 3.62. The minimum Gasteiger partial charge on any atom is -0.507 e. The lowest BCUT2D eigenvalue weighted by Gasteiger charge is -2.02. The van der Waals surface area contributed by atoms with E-state index in [1.165, 1.54) is 0 Å². The quantitative estimate of drug-likeness (QED) is 0.773. The highest BCUT2D eigenvalue weighted by atomic mass is 35.7. The molecule has 0 spiro atoms. The van der Waals surface area contributed by atoms with Crippen molar-refractivity contribution in [3.05, 3.63) is 22.7 Å². The Morgan fingerprint density at radius 1 is 1.43 bits per heavy atom. The zero-order valence-corrected chi connectivity index (χ0v) is 8.86. The maximum absolute atomic E-state index is 10.9. The molecule has 4 nitrogen and oxygen atoms in total. The van der Waals surface area contributed by atoms with E-state index in [4.69, 9.17) is 32.7 Å². The summed E-state index contributed by atoms with van der Waals surface area (Å²) in [6.07, 6.45) is 0. The average molecular weight is 252 g/mol. The van der Waals surface area contributed by atoms with Gasteiger partial charge in [0, 0.05) is 10.7 Å². The predicted octanol–water partition coefficient (Wildman–Crippen LogP) is 1.84. The molecule has 0 atom stereocenters. The van der Waals surface area contributed by atoms with Gasteiger partial charge in [0.15, 0.2) is 0 Å². The number of nitrogens with zero attached hydrogens (tertiary/aromatic N) is 1. The van der Waals surface area contributed by atoms with Crippen LogP contribution in [0.5, 0.6) is 5.75 Å². The zero-order chi connectivity index (χ0) is 10.9. The normalized spacial score (nSPS) is 10.9. The van der Waals surface area contributed by atoms with Gasteiger partial charge in [-0.3, -0.25) is 0 Å². The van der Waals surface area contributed by atoms with Crippen molar-refractivity contribution in [2.24, 2.45) is 0 Å². The second kappa shape index (κ2) is 3.65. The molecule has 0 aliphatic heterocycles.